The number of benzene rings is 2. The van der Waals surface area contributed by atoms with E-state index in [4.69, 9.17) is 4.74 Å². The van der Waals surface area contributed by atoms with Crippen LogP contribution < -0.4 is 15.2 Å². The van der Waals surface area contributed by atoms with Crippen LogP contribution in [0.3, 0.4) is 0 Å². The van der Waals surface area contributed by atoms with Crippen LogP contribution >= 0.6 is 0 Å². The Hall–Kier alpha value is -4.01. The van der Waals surface area contributed by atoms with Crippen molar-refractivity contribution in [1.29, 1.82) is 0 Å². The molecule has 7 nitrogen and oxygen atoms in total. The Morgan fingerprint density at radius 3 is 2.50 bits per heavy atom. The van der Waals surface area contributed by atoms with Crippen molar-refractivity contribution < 1.29 is 18.3 Å². The highest BCUT2D eigenvalue weighted by atomic mass is 19.1. The summed E-state index contributed by atoms with van der Waals surface area (Å²) in [4.78, 5) is 33.9. The fourth-order valence-electron chi connectivity index (χ4n) is 4.76. The molecule has 0 spiro atoms. The molecule has 1 saturated heterocycles. The van der Waals surface area contributed by atoms with E-state index in [0.29, 0.717) is 48.3 Å². The molecule has 1 fully saturated rings. The Kier molecular flexibility index (Phi) is 6.07. The molecule has 2 aromatic heterocycles. The zero-order valence-corrected chi connectivity index (χ0v) is 20.3. The summed E-state index contributed by atoms with van der Waals surface area (Å²) in [5.41, 5.74) is 1.74. The van der Waals surface area contributed by atoms with E-state index in [2.05, 4.69) is 9.88 Å². The number of aromatic nitrogens is 2. The van der Waals surface area contributed by atoms with Crippen LogP contribution in [0.4, 0.5) is 20.2 Å². The predicted molar refractivity (Wildman–Crippen MR) is 136 cm³/mol. The highest BCUT2D eigenvalue weighted by Gasteiger charge is 2.24. The minimum Gasteiger partial charge on any atom is -0.462 e. The fourth-order valence-corrected chi connectivity index (χ4v) is 4.76. The first-order chi connectivity index (χ1) is 17.3. The standard InChI is InChI=1S/C27H26F2N4O3/c1-4-36-27(35)19-15-31(3)22-14-30-25-18(23(22)26(19)34)7-8-21(24(25)29)33-11-9-32(10-12-33)17-6-5-16(2)20(28)13-17/h5-8,13-15H,4,9-12H2,1-3H3. The lowest BCUT2D eigenvalue weighted by atomic mass is 10.1. The van der Waals surface area contributed by atoms with Crippen molar-refractivity contribution in [1.82, 2.24) is 9.55 Å². The maximum atomic E-state index is 15.7. The Bertz CT molecular complexity index is 1560. The largest absolute Gasteiger partial charge is 0.462 e. The van der Waals surface area contributed by atoms with Gasteiger partial charge in [0.15, 0.2) is 5.82 Å². The SMILES string of the molecule is CCOC(=O)c1cn(C)c2cnc3c(F)c(N4CCN(c5ccc(C)c(F)c5)CC4)ccc3c2c1=O. The maximum absolute atomic E-state index is 15.7. The fraction of sp³-hybridized carbons (Fsp3) is 0.296. The number of carbonyl (C=O) groups is 1. The summed E-state index contributed by atoms with van der Waals surface area (Å²) >= 11 is 0. The molecular weight excluding hydrogens is 466 g/mol. The number of ether oxygens (including phenoxy) is 1. The number of pyridine rings is 2. The van der Waals surface area contributed by atoms with Gasteiger partial charge >= 0.3 is 5.97 Å². The molecule has 0 bridgehead atoms. The number of esters is 1. The average Bonchev–Trinajstić information content (AvgIpc) is 2.88. The molecule has 0 N–H and O–H groups in total. The van der Waals surface area contributed by atoms with Crippen LogP contribution in [0.1, 0.15) is 22.8 Å². The van der Waals surface area contributed by atoms with Gasteiger partial charge in [-0.2, -0.15) is 0 Å². The Morgan fingerprint density at radius 2 is 1.81 bits per heavy atom. The Balaban J connectivity index is 1.50. The van der Waals surface area contributed by atoms with Gasteiger partial charge in [-0.1, -0.05) is 6.07 Å². The normalized spacial score (nSPS) is 14.0. The molecule has 0 amide bonds. The molecule has 186 valence electrons. The number of aryl methyl sites for hydroxylation is 2. The zero-order valence-electron chi connectivity index (χ0n) is 20.3. The Labute approximate surface area is 206 Å². The van der Waals surface area contributed by atoms with Crippen molar-refractivity contribution in [2.24, 2.45) is 7.05 Å². The maximum Gasteiger partial charge on any atom is 0.343 e. The van der Waals surface area contributed by atoms with E-state index in [9.17, 15) is 14.0 Å². The lowest BCUT2D eigenvalue weighted by Gasteiger charge is -2.37. The third kappa shape index (κ3) is 3.94. The number of hydrogen-bond donors (Lipinski definition) is 0. The second-order valence-electron chi connectivity index (χ2n) is 8.92. The van der Waals surface area contributed by atoms with Gasteiger partial charge in [-0.3, -0.25) is 9.78 Å². The molecule has 5 rings (SSSR count). The molecule has 2 aromatic carbocycles. The highest BCUT2D eigenvalue weighted by molar-refractivity contribution is 6.07. The minimum absolute atomic E-state index is 0.0705. The average molecular weight is 493 g/mol. The lowest BCUT2D eigenvalue weighted by Crippen LogP contribution is -2.46. The summed E-state index contributed by atoms with van der Waals surface area (Å²) < 4.78 is 36.4. The van der Waals surface area contributed by atoms with Crippen molar-refractivity contribution in [3.63, 3.8) is 0 Å². The van der Waals surface area contributed by atoms with Gasteiger partial charge in [0.25, 0.3) is 0 Å². The molecule has 3 heterocycles. The van der Waals surface area contributed by atoms with E-state index < -0.39 is 17.2 Å². The van der Waals surface area contributed by atoms with Gasteiger partial charge in [0.1, 0.15) is 16.9 Å². The van der Waals surface area contributed by atoms with Gasteiger partial charge in [0.05, 0.1) is 29.4 Å². The number of nitrogens with zero attached hydrogens (tertiary/aromatic N) is 4. The summed E-state index contributed by atoms with van der Waals surface area (Å²) in [7, 11) is 1.70. The van der Waals surface area contributed by atoms with E-state index in [1.807, 2.05) is 11.0 Å². The number of anilines is 2. The third-order valence-corrected chi connectivity index (χ3v) is 6.75. The first kappa shape index (κ1) is 23.7. The highest BCUT2D eigenvalue weighted by Crippen LogP contribution is 2.31. The molecule has 0 unspecified atom stereocenters. The van der Waals surface area contributed by atoms with Crippen LogP contribution in [0.25, 0.3) is 21.8 Å². The van der Waals surface area contributed by atoms with Crippen LogP contribution in [0.15, 0.2) is 47.5 Å². The van der Waals surface area contributed by atoms with Crippen LogP contribution in [-0.4, -0.2) is 48.3 Å². The first-order valence-electron chi connectivity index (χ1n) is 11.8. The molecular formula is C27H26F2N4O3. The first-order valence-corrected chi connectivity index (χ1v) is 11.8. The van der Waals surface area contributed by atoms with Crippen molar-refractivity contribution in [3.05, 3.63) is 75.7 Å². The third-order valence-electron chi connectivity index (χ3n) is 6.75. The van der Waals surface area contributed by atoms with E-state index >= 15 is 4.39 Å². The van der Waals surface area contributed by atoms with Gasteiger partial charge in [0.2, 0.25) is 5.43 Å². The van der Waals surface area contributed by atoms with Crippen LogP contribution in [0, 0.1) is 18.6 Å². The second-order valence-corrected chi connectivity index (χ2v) is 8.92. The topological polar surface area (TPSA) is 67.7 Å². The quantitative estimate of drug-likeness (QED) is 0.315. The van der Waals surface area contributed by atoms with Gasteiger partial charge in [0, 0.05) is 50.5 Å². The number of rotatable bonds is 4. The van der Waals surface area contributed by atoms with Crippen molar-refractivity contribution in [2.75, 3.05) is 42.6 Å². The van der Waals surface area contributed by atoms with E-state index in [0.717, 1.165) is 5.69 Å². The van der Waals surface area contributed by atoms with E-state index in [1.54, 1.807) is 43.7 Å². The minimum atomic E-state index is -0.714. The molecule has 0 aliphatic carbocycles. The summed E-state index contributed by atoms with van der Waals surface area (Å²) in [5.74, 6) is -1.48. The molecule has 1 aliphatic heterocycles. The predicted octanol–water partition coefficient (Wildman–Crippen LogP) is 4.18. The van der Waals surface area contributed by atoms with Crippen molar-refractivity contribution >= 4 is 39.1 Å². The molecule has 1 aliphatic rings. The molecule has 9 heteroatoms. The van der Waals surface area contributed by atoms with Crippen molar-refractivity contribution in [3.8, 4) is 0 Å². The van der Waals surface area contributed by atoms with Crippen LogP contribution in [0.2, 0.25) is 0 Å². The summed E-state index contributed by atoms with van der Waals surface area (Å²) in [6, 6.07) is 8.51. The van der Waals surface area contributed by atoms with Crippen LogP contribution in [-0.2, 0) is 11.8 Å². The number of hydrogen-bond acceptors (Lipinski definition) is 6. The molecule has 4 aromatic rings. The van der Waals surface area contributed by atoms with Gasteiger partial charge in [-0.05, 0) is 43.7 Å². The summed E-state index contributed by atoms with van der Waals surface area (Å²) in [6.45, 7) is 5.83. The van der Waals surface area contributed by atoms with Gasteiger partial charge in [-0.15, -0.1) is 0 Å². The van der Waals surface area contributed by atoms with Crippen LogP contribution in [0.5, 0.6) is 0 Å². The molecule has 0 radical (unpaired) electrons. The second kappa shape index (κ2) is 9.22. The number of carbonyl (C=O) groups excluding carboxylic acids is 1. The number of halogens is 2. The Morgan fingerprint density at radius 1 is 1.08 bits per heavy atom. The van der Waals surface area contributed by atoms with Gasteiger partial charge < -0.3 is 19.1 Å². The van der Waals surface area contributed by atoms with Crippen molar-refractivity contribution in [2.45, 2.75) is 13.8 Å². The van der Waals surface area contributed by atoms with Gasteiger partial charge in [-0.25, -0.2) is 13.6 Å². The monoisotopic (exact) mass is 492 g/mol. The number of piperazine rings is 1. The van der Waals surface area contributed by atoms with E-state index in [-0.39, 0.29) is 28.9 Å². The molecule has 0 atom stereocenters. The zero-order chi connectivity index (χ0) is 25.6. The smallest absolute Gasteiger partial charge is 0.343 e. The summed E-state index contributed by atoms with van der Waals surface area (Å²) in [6.07, 6.45) is 2.87. The molecule has 0 saturated carbocycles. The van der Waals surface area contributed by atoms with E-state index in [1.165, 1.54) is 18.5 Å². The lowest BCUT2D eigenvalue weighted by molar-refractivity contribution is 0.0524. The molecule has 36 heavy (non-hydrogen) atoms. The summed E-state index contributed by atoms with van der Waals surface area (Å²) in [5, 5.41) is 0.569. The number of fused-ring (bicyclic) bond motifs is 3.